The molecule has 0 aliphatic carbocycles. The molecule has 2 N–H and O–H groups in total. The van der Waals surface area contributed by atoms with E-state index in [4.69, 9.17) is 5.73 Å². The zero-order valence-corrected chi connectivity index (χ0v) is 8.97. The molecule has 0 bridgehead atoms. The van der Waals surface area contributed by atoms with Crippen LogP contribution >= 0.6 is 0 Å². The van der Waals surface area contributed by atoms with E-state index >= 15 is 0 Å². The summed E-state index contributed by atoms with van der Waals surface area (Å²) in [4.78, 5) is 1.83. The van der Waals surface area contributed by atoms with Crippen LogP contribution in [-0.2, 0) is 0 Å². The molecule has 0 saturated carbocycles. The molecule has 1 saturated heterocycles. The maximum absolute atomic E-state index is 13.1. The fourth-order valence-corrected chi connectivity index (χ4v) is 1.83. The van der Waals surface area contributed by atoms with Crippen LogP contribution in [0.3, 0.4) is 0 Å². The molecule has 2 atom stereocenters. The van der Waals surface area contributed by atoms with Crippen LogP contribution in [0.5, 0.6) is 0 Å². The molecule has 84 valence electrons. The third-order valence-corrected chi connectivity index (χ3v) is 3.03. The summed E-state index contributed by atoms with van der Waals surface area (Å²) in [5, 5.41) is 0. The zero-order chi connectivity index (χ0) is 10.8. The third kappa shape index (κ3) is 3.17. The molecule has 14 heavy (non-hydrogen) atoms. The summed E-state index contributed by atoms with van der Waals surface area (Å²) < 4.78 is 26.2. The second-order valence-corrected chi connectivity index (χ2v) is 4.37. The van der Waals surface area contributed by atoms with E-state index in [0.717, 1.165) is 6.42 Å². The van der Waals surface area contributed by atoms with Crippen LogP contribution in [0.1, 0.15) is 26.7 Å². The molecule has 0 spiro atoms. The highest BCUT2D eigenvalue weighted by molar-refractivity contribution is 4.82. The minimum Gasteiger partial charge on any atom is -0.327 e. The van der Waals surface area contributed by atoms with Crippen molar-refractivity contribution in [2.75, 3.05) is 19.6 Å². The molecule has 1 heterocycles. The highest BCUT2D eigenvalue weighted by Gasteiger charge is 2.32. The molecule has 2 unspecified atom stereocenters. The van der Waals surface area contributed by atoms with Gasteiger partial charge in [-0.1, -0.05) is 13.8 Å². The molecule has 1 aliphatic rings. The lowest BCUT2D eigenvalue weighted by atomic mass is 9.94. The highest BCUT2D eigenvalue weighted by atomic mass is 19.3. The number of rotatable bonds is 3. The summed E-state index contributed by atoms with van der Waals surface area (Å²) in [6.45, 7) is 4.86. The molecule has 0 aromatic carbocycles. The normalized spacial score (nSPS) is 30.6. The number of halogens is 2. The Kier molecular flexibility index (Phi) is 3.84. The summed E-state index contributed by atoms with van der Waals surface area (Å²) in [5.41, 5.74) is 5.82. The Hall–Kier alpha value is -0.220. The van der Waals surface area contributed by atoms with Gasteiger partial charge >= 0.3 is 0 Å². The summed E-state index contributed by atoms with van der Waals surface area (Å²) in [6.07, 6.45) is 0.755. The summed E-state index contributed by atoms with van der Waals surface area (Å²) in [6, 6.07) is 0.182. The Labute approximate surface area is 84.4 Å². The molecule has 1 rings (SSSR count). The quantitative estimate of drug-likeness (QED) is 0.761. The summed E-state index contributed by atoms with van der Waals surface area (Å²) >= 11 is 0. The average Bonchev–Trinajstić information content (AvgIpc) is 2.11. The zero-order valence-electron chi connectivity index (χ0n) is 8.97. The maximum Gasteiger partial charge on any atom is 0.260 e. The average molecular weight is 206 g/mol. The smallest absolute Gasteiger partial charge is 0.260 e. The molecule has 0 aromatic rings. The van der Waals surface area contributed by atoms with Crippen molar-refractivity contribution < 1.29 is 8.78 Å². The fourth-order valence-electron chi connectivity index (χ4n) is 1.83. The van der Waals surface area contributed by atoms with E-state index in [1.807, 2.05) is 11.8 Å². The number of hydrogen-bond acceptors (Lipinski definition) is 2. The first-order valence-electron chi connectivity index (χ1n) is 5.30. The van der Waals surface area contributed by atoms with Crippen molar-refractivity contribution in [3.05, 3.63) is 0 Å². The van der Waals surface area contributed by atoms with Gasteiger partial charge in [-0.15, -0.1) is 0 Å². The van der Waals surface area contributed by atoms with Gasteiger partial charge in [-0.3, -0.25) is 4.90 Å². The van der Waals surface area contributed by atoms with Crippen molar-refractivity contribution in [2.45, 2.75) is 38.7 Å². The topological polar surface area (TPSA) is 29.3 Å². The van der Waals surface area contributed by atoms with E-state index < -0.39 is 5.92 Å². The van der Waals surface area contributed by atoms with Crippen molar-refractivity contribution in [1.29, 1.82) is 0 Å². The predicted molar refractivity (Wildman–Crippen MR) is 53.4 cm³/mol. The second-order valence-electron chi connectivity index (χ2n) is 4.37. The molecule has 2 nitrogen and oxygen atoms in total. The number of nitrogens with zero attached hydrogens (tertiary/aromatic N) is 1. The Balaban J connectivity index is 2.40. The van der Waals surface area contributed by atoms with Gasteiger partial charge in [0.1, 0.15) is 0 Å². The first kappa shape index (κ1) is 11.9. The van der Waals surface area contributed by atoms with E-state index in [0.29, 0.717) is 19.0 Å². The SMILES string of the molecule is CCC(F)(F)CN1CCC(N)C(C)C1. The molecular weight excluding hydrogens is 186 g/mol. The van der Waals surface area contributed by atoms with E-state index in [1.165, 1.54) is 6.92 Å². The van der Waals surface area contributed by atoms with Crippen LogP contribution in [0.15, 0.2) is 0 Å². The first-order valence-corrected chi connectivity index (χ1v) is 5.30. The van der Waals surface area contributed by atoms with Crippen LogP contribution in [-0.4, -0.2) is 36.5 Å². The van der Waals surface area contributed by atoms with Gasteiger partial charge in [0.15, 0.2) is 0 Å². The van der Waals surface area contributed by atoms with Crippen LogP contribution < -0.4 is 5.73 Å². The van der Waals surface area contributed by atoms with Crippen LogP contribution in [0.4, 0.5) is 8.78 Å². The lowest BCUT2D eigenvalue weighted by molar-refractivity contribution is -0.0441. The number of hydrogen-bond donors (Lipinski definition) is 1. The first-order chi connectivity index (χ1) is 6.44. The van der Waals surface area contributed by atoms with Gasteiger partial charge in [0.2, 0.25) is 0 Å². The molecule has 0 amide bonds. The second kappa shape index (κ2) is 4.53. The van der Waals surface area contributed by atoms with E-state index in [9.17, 15) is 8.78 Å². The van der Waals surface area contributed by atoms with Gasteiger partial charge < -0.3 is 5.73 Å². The standard InChI is InChI=1S/C10H20F2N2/c1-3-10(11,12)7-14-5-4-9(13)8(2)6-14/h8-9H,3-7,13H2,1-2H3. The summed E-state index contributed by atoms with van der Waals surface area (Å²) in [7, 11) is 0. The van der Waals surface area contributed by atoms with Gasteiger partial charge in [-0.25, -0.2) is 8.78 Å². The molecule has 1 aliphatic heterocycles. The van der Waals surface area contributed by atoms with E-state index in [2.05, 4.69) is 0 Å². The minimum atomic E-state index is -2.54. The van der Waals surface area contributed by atoms with Crippen molar-refractivity contribution >= 4 is 0 Å². The molecular formula is C10H20F2N2. The maximum atomic E-state index is 13.1. The molecule has 1 fully saturated rings. The molecule has 0 radical (unpaired) electrons. The van der Waals surface area contributed by atoms with Crippen LogP contribution in [0.2, 0.25) is 0 Å². The highest BCUT2D eigenvalue weighted by Crippen LogP contribution is 2.23. The fraction of sp³-hybridized carbons (Fsp3) is 1.00. The largest absolute Gasteiger partial charge is 0.327 e. The lowest BCUT2D eigenvalue weighted by Gasteiger charge is -2.36. The van der Waals surface area contributed by atoms with E-state index in [-0.39, 0.29) is 19.0 Å². The van der Waals surface area contributed by atoms with Gasteiger partial charge in [0, 0.05) is 19.0 Å². The van der Waals surface area contributed by atoms with Crippen LogP contribution in [0, 0.1) is 5.92 Å². The number of alkyl halides is 2. The Morgan fingerprint density at radius 3 is 2.64 bits per heavy atom. The van der Waals surface area contributed by atoms with Gasteiger partial charge in [0.25, 0.3) is 5.92 Å². The van der Waals surface area contributed by atoms with Crippen molar-refractivity contribution in [2.24, 2.45) is 11.7 Å². The van der Waals surface area contributed by atoms with Gasteiger partial charge in [0.05, 0.1) is 6.54 Å². The Morgan fingerprint density at radius 1 is 1.50 bits per heavy atom. The monoisotopic (exact) mass is 206 g/mol. The predicted octanol–water partition coefficient (Wildman–Crippen LogP) is 1.70. The van der Waals surface area contributed by atoms with Crippen LogP contribution in [0.25, 0.3) is 0 Å². The lowest BCUT2D eigenvalue weighted by Crippen LogP contribution is -2.49. The van der Waals surface area contributed by atoms with Crippen molar-refractivity contribution in [3.8, 4) is 0 Å². The summed E-state index contributed by atoms with van der Waals surface area (Å²) in [5.74, 6) is -2.21. The number of likely N-dealkylation sites (tertiary alicyclic amines) is 1. The molecule has 4 heteroatoms. The minimum absolute atomic E-state index is 0.0794. The van der Waals surface area contributed by atoms with Gasteiger partial charge in [-0.05, 0) is 18.9 Å². The molecule has 0 aromatic heterocycles. The Morgan fingerprint density at radius 2 is 2.14 bits per heavy atom. The van der Waals surface area contributed by atoms with Gasteiger partial charge in [-0.2, -0.15) is 0 Å². The Bertz CT molecular complexity index is 185. The van der Waals surface area contributed by atoms with Crippen molar-refractivity contribution in [3.63, 3.8) is 0 Å². The van der Waals surface area contributed by atoms with E-state index in [1.54, 1.807) is 0 Å². The third-order valence-electron chi connectivity index (χ3n) is 3.03. The number of piperidine rings is 1. The number of nitrogens with two attached hydrogens (primary N) is 1. The van der Waals surface area contributed by atoms with Crippen molar-refractivity contribution in [1.82, 2.24) is 4.90 Å².